The Labute approximate surface area is 166 Å². The second kappa shape index (κ2) is 7.51. The van der Waals surface area contributed by atoms with Gasteiger partial charge in [0.05, 0.1) is 17.9 Å². The third-order valence-electron chi connectivity index (χ3n) is 4.73. The van der Waals surface area contributed by atoms with E-state index in [1.165, 1.54) is 10.5 Å². The lowest BCUT2D eigenvalue weighted by atomic mass is 9.76. The number of carbonyl (C=O) groups excluding carboxylic acids is 1. The molecule has 0 bridgehead atoms. The smallest absolute Gasteiger partial charge is 0.338 e. The predicted octanol–water partition coefficient (Wildman–Crippen LogP) is 6.17. The molecular formula is C23H27NO2S. The Balaban J connectivity index is 1.80. The molecule has 0 fully saturated rings. The number of thioether (sulfide) groups is 1. The lowest BCUT2D eigenvalue weighted by molar-refractivity contribution is 0.0526. The first-order chi connectivity index (χ1) is 12.7. The van der Waals surface area contributed by atoms with Crippen molar-refractivity contribution in [3.8, 4) is 0 Å². The predicted molar refractivity (Wildman–Crippen MR) is 114 cm³/mol. The van der Waals surface area contributed by atoms with E-state index in [0.717, 1.165) is 17.7 Å². The van der Waals surface area contributed by atoms with E-state index in [1.807, 2.05) is 30.1 Å². The van der Waals surface area contributed by atoms with Crippen LogP contribution in [-0.2, 0) is 10.2 Å². The highest BCUT2D eigenvalue weighted by molar-refractivity contribution is 8.00. The minimum Gasteiger partial charge on any atom is -0.462 e. The van der Waals surface area contributed by atoms with E-state index < -0.39 is 0 Å². The first-order valence-corrected chi connectivity index (χ1v) is 10.2. The Morgan fingerprint density at radius 2 is 1.85 bits per heavy atom. The summed E-state index contributed by atoms with van der Waals surface area (Å²) in [7, 11) is 0. The molecule has 1 aliphatic rings. The van der Waals surface area contributed by atoms with Gasteiger partial charge in [-0.25, -0.2) is 4.79 Å². The van der Waals surface area contributed by atoms with Crippen molar-refractivity contribution in [2.75, 3.05) is 6.61 Å². The van der Waals surface area contributed by atoms with Crippen molar-refractivity contribution < 1.29 is 9.53 Å². The molecule has 142 valence electrons. The van der Waals surface area contributed by atoms with Crippen molar-refractivity contribution in [3.63, 3.8) is 0 Å². The standard InChI is InChI=1S/C23H27NO2S/c1-6-26-21(25)17-8-10-18(11-9-17)24-14-16-7-12-20-19(13-16)22(2,3)15-23(4,5)27-20/h7-14H,6,15H2,1-5H3. The molecule has 1 heterocycles. The molecule has 0 spiro atoms. The highest BCUT2D eigenvalue weighted by Gasteiger charge is 2.37. The molecule has 0 atom stereocenters. The largest absolute Gasteiger partial charge is 0.462 e. The number of esters is 1. The highest BCUT2D eigenvalue weighted by Crippen LogP contribution is 2.50. The van der Waals surface area contributed by atoms with E-state index in [1.54, 1.807) is 19.1 Å². The average molecular weight is 382 g/mol. The maximum absolute atomic E-state index is 11.7. The molecule has 27 heavy (non-hydrogen) atoms. The van der Waals surface area contributed by atoms with Crippen LogP contribution in [0.3, 0.4) is 0 Å². The first kappa shape index (κ1) is 19.7. The fraction of sp³-hybridized carbons (Fsp3) is 0.391. The van der Waals surface area contributed by atoms with Gasteiger partial charge < -0.3 is 4.74 Å². The molecule has 0 N–H and O–H groups in total. The van der Waals surface area contributed by atoms with Crippen LogP contribution < -0.4 is 0 Å². The molecule has 0 saturated carbocycles. The summed E-state index contributed by atoms with van der Waals surface area (Å²) in [5, 5.41) is 0. The van der Waals surface area contributed by atoms with Gasteiger partial charge in [-0.15, -0.1) is 11.8 Å². The number of benzene rings is 2. The number of nitrogens with zero attached hydrogens (tertiary/aromatic N) is 1. The summed E-state index contributed by atoms with van der Waals surface area (Å²) >= 11 is 1.96. The maximum atomic E-state index is 11.7. The van der Waals surface area contributed by atoms with E-state index >= 15 is 0 Å². The van der Waals surface area contributed by atoms with Crippen molar-refractivity contribution >= 4 is 29.6 Å². The second-order valence-corrected chi connectivity index (χ2v) is 9.95. The van der Waals surface area contributed by atoms with Gasteiger partial charge in [-0.2, -0.15) is 0 Å². The molecule has 0 aromatic heterocycles. The molecule has 3 rings (SSSR count). The van der Waals surface area contributed by atoms with Gasteiger partial charge in [-0.05, 0) is 66.3 Å². The highest BCUT2D eigenvalue weighted by atomic mass is 32.2. The number of hydrogen-bond acceptors (Lipinski definition) is 4. The molecular weight excluding hydrogens is 354 g/mol. The second-order valence-electron chi connectivity index (χ2n) is 8.20. The van der Waals surface area contributed by atoms with Crippen LogP contribution in [0.25, 0.3) is 0 Å². The molecule has 0 saturated heterocycles. The van der Waals surface area contributed by atoms with E-state index in [4.69, 9.17) is 4.74 Å². The SMILES string of the molecule is CCOC(=O)c1ccc(N=Cc2ccc3c(c2)C(C)(C)CC(C)(C)S3)cc1. The first-order valence-electron chi connectivity index (χ1n) is 9.35. The van der Waals surface area contributed by atoms with Gasteiger partial charge in [0.1, 0.15) is 0 Å². The number of rotatable bonds is 4. The molecule has 0 unspecified atom stereocenters. The fourth-order valence-electron chi connectivity index (χ4n) is 3.79. The van der Waals surface area contributed by atoms with Crippen LogP contribution in [0.1, 0.15) is 62.5 Å². The zero-order chi connectivity index (χ0) is 19.7. The molecule has 1 aliphatic heterocycles. The van der Waals surface area contributed by atoms with Gasteiger partial charge in [0.25, 0.3) is 0 Å². The zero-order valence-electron chi connectivity index (χ0n) is 16.7. The summed E-state index contributed by atoms with van der Waals surface area (Å²) in [6.07, 6.45) is 3.04. The van der Waals surface area contributed by atoms with Crippen LogP contribution in [0.4, 0.5) is 5.69 Å². The Bertz CT molecular complexity index is 866. The Hall–Kier alpha value is -2.07. The Morgan fingerprint density at radius 3 is 2.52 bits per heavy atom. The summed E-state index contributed by atoms with van der Waals surface area (Å²) in [4.78, 5) is 17.6. The van der Waals surface area contributed by atoms with Crippen molar-refractivity contribution in [1.29, 1.82) is 0 Å². The number of ether oxygens (including phenoxy) is 1. The normalized spacial score (nSPS) is 17.5. The van der Waals surface area contributed by atoms with Crippen LogP contribution in [0, 0.1) is 0 Å². The quantitative estimate of drug-likeness (QED) is 0.470. The number of carbonyl (C=O) groups is 1. The Kier molecular flexibility index (Phi) is 5.48. The molecule has 4 heteroatoms. The van der Waals surface area contributed by atoms with E-state index in [9.17, 15) is 4.79 Å². The molecule has 2 aromatic rings. The van der Waals surface area contributed by atoms with Crippen LogP contribution in [0.15, 0.2) is 52.4 Å². The van der Waals surface area contributed by atoms with Crippen molar-refractivity contribution in [1.82, 2.24) is 0 Å². The van der Waals surface area contributed by atoms with Crippen molar-refractivity contribution in [2.24, 2.45) is 4.99 Å². The zero-order valence-corrected chi connectivity index (χ0v) is 17.5. The maximum Gasteiger partial charge on any atom is 0.338 e. The van der Waals surface area contributed by atoms with Gasteiger partial charge in [0, 0.05) is 15.9 Å². The Morgan fingerprint density at radius 1 is 1.15 bits per heavy atom. The van der Waals surface area contributed by atoms with Crippen LogP contribution >= 0.6 is 11.8 Å². The monoisotopic (exact) mass is 381 g/mol. The van der Waals surface area contributed by atoms with Gasteiger partial charge in [-0.3, -0.25) is 4.99 Å². The topological polar surface area (TPSA) is 38.7 Å². The van der Waals surface area contributed by atoms with Crippen molar-refractivity contribution in [2.45, 2.75) is 56.1 Å². The molecule has 2 aromatic carbocycles. The van der Waals surface area contributed by atoms with Gasteiger partial charge in [0.15, 0.2) is 0 Å². The van der Waals surface area contributed by atoms with Gasteiger partial charge in [-0.1, -0.05) is 33.8 Å². The molecule has 3 nitrogen and oxygen atoms in total. The third-order valence-corrected chi connectivity index (χ3v) is 6.00. The number of aliphatic imine (C=N–C) groups is 1. The average Bonchev–Trinajstić information content (AvgIpc) is 2.59. The number of fused-ring (bicyclic) bond motifs is 1. The fourth-order valence-corrected chi connectivity index (χ4v) is 5.40. The summed E-state index contributed by atoms with van der Waals surface area (Å²) in [6, 6.07) is 13.8. The van der Waals surface area contributed by atoms with E-state index in [0.29, 0.717) is 12.2 Å². The summed E-state index contributed by atoms with van der Waals surface area (Å²) in [5.41, 5.74) is 4.00. The lowest BCUT2D eigenvalue weighted by Gasteiger charge is -2.41. The van der Waals surface area contributed by atoms with Crippen molar-refractivity contribution in [3.05, 3.63) is 59.2 Å². The summed E-state index contributed by atoms with van der Waals surface area (Å²) in [6.45, 7) is 11.5. The van der Waals surface area contributed by atoms with Gasteiger partial charge >= 0.3 is 5.97 Å². The molecule has 0 aliphatic carbocycles. The lowest BCUT2D eigenvalue weighted by Crippen LogP contribution is -2.33. The van der Waals surface area contributed by atoms with Crippen LogP contribution in [-0.4, -0.2) is 23.5 Å². The minimum absolute atomic E-state index is 0.148. The van der Waals surface area contributed by atoms with Crippen LogP contribution in [0.2, 0.25) is 0 Å². The molecule has 0 radical (unpaired) electrons. The van der Waals surface area contributed by atoms with E-state index in [2.05, 4.69) is 50.9 Å². The van der Waals surface area contributed by atoms with E-state index in [-0.39, 0.29) is 16.1 Å². The summed E-state index contributed by atoms with van der Waals surface area (Å²) < 4.78 is 5.26. The summed E-state index contributed by atoms with van der Waals surface area (Å²) in [5.74, 6) is -0.301. The van der Waals surface area contributed by atoms with Gasteiger partial charge in [0.2, 0.25) is 0 Å². The minimum atomic E-state index is -0.301. The molecule has 0 amide bonds. The third kappa shape index (κ3) is 4.62. The van der Waals surface area contributed by atoms with Crippen LogP contribution in [0.5, 0.6) is 0 Å². The number of hydrogen-bond donors (Lipinski definition) is 0.